The van der Waals surface area contributed by atoms with Crippen LogP contribution in [0.2, 0.25) is 0 Å². The third kappa shape index (κ3) is 6.11. The number of anilines is 1. The first-order valence-corrected chi connectivity index (χ1v) is 8.11. The molecule has 0 aliphatic rings. The molecule has 0 saturated heterocycles. The highest BCUT2D eigenvalue weighted by molar-refractivity contribution is 7.80. The Morgan fingerprint density at radius 2 is 1.46 bits per heavy atom. The molecular formula is C18H19F3N2O2S. The molecule has 1 N–H and O–H groups in total. The smallest absolute Gasteiger partial charge is 0.406 e. The minimum absolute atomic E-state index is 0.0108. The minimum Gasteiger partial charge on any atom is -0.497 e. The second-order valence-corrected chi connectivity index (χ2v) is 5.86. The molecule has 0 unspecified atom stereocenters. The van der Waals surface area contributed by atoms with Crippen LogP contribution >= 0.6 is 12.2 Å². The molecular weight excluding hydrogens is 365 g/mol. The lowest BCUT2D eigenvalue weighted by Crippen LogP contribution is -2.40. The van der Waals surface area contributed by atoms with E-state index in [1.165, 1.54) is 14.2 Å². The number of halogens is 3. The van der Waals surface area contributed by atoms with E-state index in [0.29, 0.717) is 22.7 Å². The molecule has 8 heteroatoms. The summed E-state index contributed by atoms with van der Waals surface area (Å²) in [6.45, 7) is -1.13. The Labute approximate surface area is 155 Å². The predicted molar refractivity (Wildman–Crippen MR) is 98.7 cm³/mol. The zero-order chi connectivity index (χ0) is 19.2. The highest BCUT2D eigenvalue weighted by atomic mass is 32.1. The second kappa shape index (κ2) is 8.75. The normalized spacial score (nSPS) is 11.0. The number of ether oxygens (including phenoxy) is 2. The molecule has 0 amide bonds. The summed E-state index contributed by atoms with van der Waals surface area (Å²) in [5.74, 6) is 1.28. The molecule has 4 nitrogen and oxygen atoms in total. The number of alkyl halides is 3. The second-order valence-electron chi connectivity index (χ2n) is 5.48. The van der Waals surface area contributed by atoms with Gasteiger partial charge in [-0.2, -0.15) is 13.2 Å². The Morgan fingerprint density at radius 3 is 1.92 bits per heavy atom. The van der Waals surface area contributed by atoms with Crippen molar-refractivity contribution in [3.05, 3.63) is 54.1 Å². The van der Waals surface area contributed by atoms with Crippen molar-refractivity contribution in [3.8, 4) is 11.5 Å². The zero-order valence-electron chi connectivity index (χ0n) is 14.3. The first-order chi connectivity index (χ1) is 12.3. The molecule has 2 aromatic rings. The number of methoxy groups -OCH3 is 2. The number of rotatable bonds is 6. The molecule has 2 aromatic carbocycles. The van der Waals surface area contributed by atoms with Crippen LogP contribution in [0.1, 0.15) is 5.56 Å². The lowest BCUT2D eigenvalue weighted by Gasteiger charge is -2.27. The quantitative estimate of drug-likeness (QED) is 0.744. The summed E-state index contributed by atoms with van der Waals surface area (Å²) in [5, 5.41) is 2.83. The van der Waals surface area contributed by atoms with Crippen molar-refractivity contribution in [2.45, 2.75) is 12.7 Å². The van der Waals surface area contributed by atoms with Crippen LogP contribution in [0.25, 0.3) is 0 Å². The van der Waals surface area contributed by atoms with E-state index in [1.807, 2.05) is 0 Å². The zero-order valence-corrected chi connectivity index (χ0v) is 15.2. The van der Waals surface area contributed by atoms with E-state index in [1.54, 1.807) is 48.5 Å². The molecule has 0 saturated carbocycles. The number of hydrogen-bond donors (Lipinski definition) is 1. The molecule has 0 aromatic heterocycles. The standard InChI is InChI=1S/C18H19F3N2O2S/c1-24-15-7-3-13(4-8-15)11-23(12-18(19,20)21)17(26)22-14-5-9-16(25-2)10-6-14/h3-10H,11-12H2,1-2H3,(H,22,26). The minimum atomic E-state index is -4.38. The fraction of sp³-hybridized carbons (Fsp3) is 0.278. The predicted octanol–water partition coefficient (Wildman–Crippen LogP) is 4.47. The van der Waals surface area contributed by atoms with Crippen LogP contribution in [0.3, 0.4) is 0 Å². The van der Waals surface area contributed by atoms with Crippen molar-refractivity contribution in [1.29, 1.82) is 0 Å². The van der Waals surface area contributed by atoms with Crippen molar-refractivity contribution in [1.82, 2.24) is 4.90 Å². The summed E-state index contributed by atoms with van der Waals surface area (Å²) in [6.07, 6.45) is -4.38. The fourth-order valence-corrected chi connectivity index (χ4v) is 2.49. The number of benzene rings is 2. The SMILES string of the molecule is COc1ccc(CN(CC(F)(F)F)C(=S)Nc2ccc(OC)cc2)cc1. The number of nitrogens with zero attached hydrogens (tertiary/aromatic N) is 1. The van der Waals surface area contributed by atoms with E-state index in [4.69, 9.17) is 21.7 Å². The van der Waals surface area contributed by atoms with Crippen LogP contribution in [0.5, 0.6) is 11.5 Å². The van der Waals surface area contributed by atoms with Crippen molar-refractivity contribution >= 4 is 23.0 Å². The average Bonchev–Trinajstić information content (AvgIpc) is 2.61. The number of hydrogen-bond acceptors (Lipinski definition) is 3. The van der Waals surface area contributed by atoms with Crippen LogP contribution < -0.4 is 14.8 Å². The molecule has 0 radical (unpaired) electrons. The van der Waals surface area contributed by atoms with Crippen LogP contribution in [0.4, 0.5) is 18.9 Å². The maximum absolute atomic E-state index is 13.0. The van der Waals surface area contributed by atoms with Crippen molar-refractivity contribution < 1.29 is 22.6 Å². The molecule has 0 fully saturated rings. The van der Waals surface area contributed by atoms with Gasteiger partial charge in [0.1, 0.15) is 18.0 Å². The van der Waals surface area contributed by atoms with Gasteiger partial charge in [-0.15, -0.1) is 0 Å². The van der Waals surface area contributed by atoms with Crippen molar-refractivity contribution in [2.24, 2.45) is 0 Å². The molecule has 0 aliphatic heterocycles. The Hall–Kier alpha value is -2.48. The van der Waals surface area contributed by atoms with Gasteiger partial charge in [-0.3, -0.25) is 0 Å². The Kier molecular flexibility index (Phi) is 6.68. The highest BCUT2D eigenvalue weighted by Gasteiger charge is 2.32. The van der Waals surface area contributed by atoms with Gasteiger partial charge in [0.05, 0.1) is 14.2 Å². The Balaban J connectivity index is 2.12. The van der Waals surface area contributed by atoms with Gasteiger partial charge in [-0.25, -0.2) is 0 Å². The molecule has 26 heavy (non-hydrogen) atoms. The fourth-order valence-electron chi connectivity index (χ4n) is 2.24. The number of nitrogens with one attached hydrogen (secondary N) is 1. The molecule has 140 valence electrons. The summed E-state index contributed by atoms with van der Waals surface area (Å²) in [5.41, 5.74) is 1.27. The Morgan fingerprint density at radius 1 is 0.962 bits per heavy atom. The molecule has 0 spiro atoms. The van der Waals surface area contributed by atoms with Gasteiger partial charge in [-0.05, 0) is 54.2 Å². The van der Waals surface area contributed by atoms with Crippen LogP contribution in [0.15, 0.2) is 48.5 Å². The van der Waals surface area contributed by atoms with E-state index >= 15 is 0 Å². The largest absolute Gasteiger partial charge is 0.497 e. The van der Waals surface area contributed by atoms with Gasteiger partial charge >= 0.3 is 6.18 Å². The van der Waals surface area contributed by atoms with E-state index in [2.05, 4.69) is 5.32 Å². The van der Waals surface area contributed by atoms with Crippen LogP contribution in [-0.2, 0) is 6.54 Å². The van der Waals surface area contributed by atoms with E-state index in [-0.39, 0.29) is 11.7 Å². The van der Waals surface area contributed by atoms with Crippen molar-refractivity contribution in [2.75, 3.05) is 26.1 Å². The summed E-state index contributed by atoms with van der Waals surface area (Å²) in [7, 11) is 3.06. The lowest BCUT2D eigenvalue weighted by atomic mass is 10.2. The molecule has 0 bridgehead atoms. The van der Waals surface area contributed by atoms with E-state index in [9.17, 15) is 13.2 Å². The van der Waals surface area contributed by atoms with Gasteiger partial charge in [0, 0.05) is 12.2 Å². The van der Waals surface area contributed by atoms with E-state index in [0.717, 1.165) is 4.90 Å². The topological polar surface area (TPSA) is 33.7 Å². The summed E-state index contributed by atoms with van der Waals surface area (Å²) in [4.78, 5) is 1.07. The maximum atomic E-state index is 13.0. The lowest BCUT2D eigenvalue weighted by molar-refractivity contribution is -0.138. The van der Waals surface area contributed by atoms with Crippen molar-refractivity contribution in [3.63, 3.8) is 0 Å². The summed E-state index contributed by atoms with van der Waals surface area (Å²) >= 11 is 5.19. The molecule has 2 rings (SSSR count). The summed E-state index contributed by atoms with van der Waals surface area (Å²) < 4.78 is 49.0. The molecule has 0 aliphatic carbocycles. The monoisotopic (exact) mass is 384 g/mol. The molecule has 0 heterocycles. The maximum Gasteiger partial charge on any atom is 0.406 e. The Bertz CT molecular complexity index is 719. The highest BCUT2D eigenvalue weighted by Crippen LogP contribution is 2.21. The van der Waals surface area contributed by atoms with Gasteiger partial charge in [0.25, 0.3) is 0 Å². The number of thiocarbonyl (C=S) groups is 1. The van der Waals surface area contributed by atoms with Gasteiger partial charge < -0.3 is 19.7 Å². The first kappa shape index (κ1) is 19.8. The van der Waals surface area contributed by atoms with Crippen LogP contribution in [0, 0.1) is 0 Å². The summed E-state index contributed by atoms with van der Waals surface area (Å²) in [6, 6.07) is 13.6. The third-order valence-electron chi connectivity index (χ3n) is 3.53. The third-order valence-corrected chi connectivity index (χ3v) is 3.89. The molecule has 0 atom stereocenters. The van der Waals surface area contributed by atoms with Gasteiger partial charge in [0.2, 0.25) is 0 Å². The van der Waals surface area contributed by atoms with Crippen LogP contribution in [-0.4, -0.2) is 37.0 Å². The van der Waals surface area contributed by atoms with Gasteiger partial charge in [0.15, 0.2) is 5.11 Å². The van der Waals surface area contributed by atoms with E-state index < -0.39 is 12.7 Å². The first-order valence-electron chi connectivity index (χ1n) is 7.70. The average molecular weight is 384 g/mol. The van der Waals surface area contributed by atoms with Gasteiger partial charge in [-0.1, -0.05) is 12.1 Å².